The number of aromatic carboxylic acids is 1. The highest BCUT2D eigenvalue weighted by atomic mass is 32.1. The number of hydrogen-bond donors (Lipinski definition) is 3. The summed E-state index contributed by atoms with van der Waals surface area (Å²) in [6.07, 6.45) is 0. The van der Waals surface area contributed by atoms with Crippen LogP contribution in [-0.4, -0.2) is 21.0 Å². The van der Waals surface area contributed by atoms with Crippen molar-refractivity contribution in [3.8, 4) is 0 Å². The van der Waals surface area contributed by atoms with Crippen LogP contribution in [0.3, 0.4) is 0 Å². The number of imidazole rings is 1. The predicted molar refractivity (Wildman–Crippen MR) is 80.2 cm³/mol. The summed E-state index contributed by atoms with van der Waals surface area (Å²) in [7, 11) is 0. The number of nitrogens with zero attached hydrogens (tertiary/aromatic N) is 1. The summed E-state index contributed by atoms with van der Waals surface area (Å²) in [6, 6.07) is 8.21. The number of rotatable bonds is 3. The van der Waals surface area contributed by atoms with Crippen molar-refractivity contribution >= 4 is 29.6 Å². The second-order valence-electron chi connectivity index (χ2n) is 4.74. The third-order valence-corrected chi connectivity index (χ3v) is 3.82. The molecule has 1 atom stereocenters. The van der Waals surface area contributed by atoms with Gasteiger partial charge in [-0.05, 0) is 17.7 Å². The monoisotopic (exact) mass is 320 g/mol. The van der Waals surface area contributed by atoms with E-state index in [0.29, 0.717) is 22.4 Å². The van der Waals surface area contributed by atoms with Gasteiger partial charge in [0.25, 0.3) is 0 Å². The van der Waals surface area contributed by atoms with Crippen LogP contribution in [-0.2, 0) is 0 Å². The minimum Gasteiger partial charge on any atom is -0.478 e. The van der Waals surface area contributed by atoms with Crippen LogP contribution < -0.4 is 0 Å². The first kappa shape index (κ1) is 14.5. The molecule has 0 fully saturated rings. The zero-order chi connectivity index (χ0) is 15.9. The molecular formula is C15H10F2N2O2S. The van der Waals surface area contributed by atoms with E-state index >= 15 is 0 Å². The van der Waals surface area contributed by atoms with Gasteiger partial charge in [0.15, 0.2) is 11.6 Å². The highest BCUT2D eigenvalue weighted by Gasteiger charge is 2.16. The molecule has 0 aliphatic heterocycles. The quantitative estimate of drug-likeness (QED) is 0.647. The van der Waals surface area contributed by atoms with Crippen LogP contribution in [0.4, 0.5) is 8.78 Å². The number of aromatic nitrogens is 2. The van der Waals surface area contributed by atoms with E-state index in [9.17, 15) is 13.6 Å². The maximum atomic E-state index is 13.2. The Morgan fingerprint density at radius 1 is 1.18 bits per heavy atom. The van der Waals surface area contributed by atoms with Gasteiger partial charge in [-0.15, -0.1) is 0 Å². The molecule has 2 aromatic carbocycles. The van der Waals surface area contributed by atoms with Crippen LogP contribution in [0.5, 0.6) is 0 Å². The average Bonchev–Trinajstić information content (AvgIpc) is 2.90. The van der Waals surface area contributed by atoms with Crippen molar-refractivity contribution in [3.63, 3.8) is 0 Å². The molecule has 112 valence electrons. The minimum atomic E-state index is -1.02. The van der Waals surface area contributed by atoms with E-state index in [1.54, 1.807) is 12.1 Å². The van der Waals surface area contributed by atoms with Crippen LogP contribution in [0.25, 0.3) is 11.0 Å². The summed E-state index contributed by atoms with van der Waals surface area (Å²) in [6.45, 7) is 0. The van der Waals surface area contributed by atoms with E-state index in [4.69, 9.17) is 5.11 Å². The first-order valence-corrected chi connectivity index (χ1v) is 6.83. The fourth-order valence-corrected chi connectivity index (χ4v) is 2.41. The van der Waals surface area contributed by atoms with Crippen molar-refractivity contribution in [1.29, 1.82) is 0 Å². The lowest BCUT2D eigenvalue weighted by atomic mass is 10.1. The lowest BCUT2D eigenvalue weighted by Gasteiger charge is -2.08. The zero-order valence-electron chi connectivity index (χ0n) is 11.0. The average molecular weight is 320 g/mol. The molecule has 1 unspecified atom stereocenters. The number of H-pyrrole nitrogens is 1. The van der Waals surface area contributed by atoms with E-state index in [2.05, 4.69) is 22.6 Å². The van der Waals surface area contributed by atoms with Crippen molar-refractivity contribution in [2.75, 3.05) is 0 Å². The number of carboxylic acid groups (broad SMARTS) is 1. The first-order valence-electron chi connectivity index (χ1n) is 6.31. The largest absolute Gasteiger partial charge is 0.478 e. The molecule has 1 heterocycles. The predicted octanol–water partition coefficient (Wildman–Crippen LogP) is 3.56. The normalized spacial score (nSPS) is 12.5. The Bertz CT molecular complexity index is 823. The summed E-state index contributed by atoms with van der Waals surface area (Å²) in [5.74, 6) is -2.51. The summed E-state index contributed by atoms with van der Waals surface area (Å²) < 4.78 is 26.4. The number of thiol groups is 1. The molecule has 7 heteroatoms. The van der Waals surface area contributed by atoms with Gasteiger partial charge in [-0.3, -0.25) is 0 Å². The summed E-state index contributed by atoms with van der Waals surface area (Å²) in [5, 5.41) is 8.40. The van der Waals surface area contributed by atoms with E-state index in [1.807, 2.05) is 0 Å². The number of nitrogens with one attached hydrogen (secondary N) is 1. The molecular weight excluding hydrogens is 310 g/mol. The van der Waals surface area contributed by atoms with Crippen LogP contribution in [0.15, 0.2) is 36.4 Å². The van der Waals surface area contributed by atoms with Crippen molar-refractivity contribution in [2.24, 2.45) is 0 Å². The van der Waals surface area contributed by atoms with E-state index < -0.39 is 22.9 Å². The topological polar surface area (TPSA) is 66.0 Å². The molecule has 0 saturated heterocycles. The zero-order valence-corrected chi connectivity index (χ0v) is 11.9. The third kappa shape index (κ3) is 2.55. The van der Waals surface area contributed by atoms with Crippen LogP contribution >= 0.6 is 12.6 Å². The highest BCUT2D eigenvalue weighted by molar-refractivity contribution is 7.80. The number of fused-ring (bicyclic) bond motifs is 1. The Morgan fingerprint density at radius 2 is 1.82 bits per heavy atom. The summed E-state index contributed by atoms with van der Waals surface area (Å²) in [5.41, 5.74) is 1.55. The smallest absolute Gasteiger partial charge is 0.335 e. The van der Waals surface area contributed by atoms with Crippen molar-refractivity contribution in [3.05, 3.63) is 65.0 Å². The third-order valence-electron chi connectivity index (χ3n) is 3.27. The van der Waals surface area contributed by atoms with Gasteiger partial charge in [0.2, 0.25) is 0 Å². The lowest BCUT2D eigenvalue weighted by Crippen LogP contribution is -1.99. The molecule has 3 aromatic rings. The molecule has 0 aliphatic rings. The Balaban J connectivity index is 1.97. The number of aromatic amines is 1. The molecule has 22 heavy (non-hydrogen) atoms. The Morgan fingerprint density at radius 3 is 2.45 bits per heavy atom. The summed E-state index contributed by atoms with van der Waals surface area (Å²) in [4.78, 5) is 17.9. The van der Waals surface area contributed by atoms with Gasteiger partial charge < -0.3 is 10.1 Å². The SMILES string of the molecule is O=C(O)c1ccc(C(S)c2nc3cc(F)c(F)cc3[nH]2)cc1. The number of benzene rings is 2. The Kier molecular flexibility index (Phi) is 3.58. The number of halogens is 2. The minimum absolute atomic E-state index is 0.165. The molecule has 0 amide bonds. The number of carbonyl (C=O) groups is 1. The molecule has 0 bridgehead atoms. The lowest BCUT2D eigenvalue weighted by molar-refractivity contribution is 0.0697. The molecule has 3 rings (SSSR count). The first-order chi connectivity index (χ1) is 10.5. The molecule has 0 radical (unpaired) electrons. The van der Waals surface area contributed by atoms with Crippen LogP contribution in [0.2, 0.25) is 0 Å². The van der Waals surface area contributed by atoms with Gasteiger partial charge in [0.05, 0.1) is 21.8 Å². The molecule has 4 nitrogen and oxygen atoms in total. The maximum absolute atomic E-state index is 13.2. The molecule has 0 spiro atoms. The van der Waals surface area contributed by atoms with Crippen LogP contribution in [0, 0.1) is 11.6 Å². The van der Waals surface area contributed by atoms with Gasteiger partial charge in [-0.25, -0.2) is 18.6 Å². The second-order valence-corrected chi connectivity index (χ2v) is 5.25. The Labute approximate surface area is 129 Å². The van der Waals surface area contributed by atoms with Crippen molar-refractivity contribution < 1.29 is 18.7 Å². The fourth-order valence-electron chi connectivity index (χ4n) is 2.12. The Hall–Kier alpha value is -2.41. The number of hydrogen-bond acceptors (Lipinski definition) is 3. The van der Waals surface area contributed by atoms with E-state index in [0.717, 1.165) is 12.1 Å². The van der Waals surface area contributed by atoms with E-state index in [1.165, 1.54) is 12.1 Å². The van der Waals surface area contributed by atoms with E-state index in [-0.39, 0.29) is 5.56 Å². The molecule has 1 aromatic heterocycles. The van der Waals surface area contributed by atoms with Gasteiger partial charge in [0, 0.05) is 12.1 Å². The molecule has 0 saturated carbocycles. The second kappa shape index (κ2) is 5.42. The van der Waals surface area contributed by atoms with Crippen LogP contribution in [0.1, 0.15) is 27.0 Å². The molecule has 0 aliphatic carbocycles. The van der Waals surface area contributed by atoms with Gasteiger partial charge >= 0.3 is 5.97 Å². The maximum Gasteiger partial charge on any atom is 0.335 e. The summed E-state index contributed by atoms with van der Waals surface area (Å²) >= 11 is 4.43. The fraction of sp³-hybridized carbons (Fsp3) is 0.0667. The molecule has 2 N–H and O–H groups in total. The van der Waals surface area contributed by atoms with Gasteiger partial charge in [0.1, 0.15) is 5.82 Å². The highest BCUT2D eigenvalue weighted by Crippen LogP contribution is 2.28. The van der Waals surface area contributed by atoms with Crippen molar-refractivity contribution in [2.45, 2.75) is 5.25 Å². The number of carboxylic acids is 1. The van der Waals surface area contributed by atoms with Gasteiger partial charge in [-0.2, -0.15) is 12.6 Å². The van der Waals surface area contributed by atoms with Crippen molar-refractivity contribution in [1.82, 2.24) is 9.97 Å². The standard InChI is InChI=1S/C15H10F2N2O2S/c16-9-5-11-12(6-10(9)17)19-14(18-11)13(22)7-1-3-8(4-2-7)15(20)21/h1-6,13,22H,(H,18,19)(H,20,21). The van der Waals surface area contributed by atoms with Gasteiger partial charge in [-0.1, -0.05) is 12.1 Å².